The largest absolute Gasteiger partial charge is 0.308 e. The Morgan fingerprint density at radius 2 is 2.29 bits per heavy atom. The zero-order chi connectivity index (χ0) is 10.0. The molecule has 1 aliphatic rings. The van der Waals surface area contributed by atoms with Gasteiger partial charge >= 0.3 is 0 Å². The van der Waals surface area contributed by atoms with E-state index in [0.717, 1.165) is 6.54 Å². The number of hydrogen-bond acceptors (Lipinski definition) is 2. The molecule has 0 saturated carbocycles. The molecule has 0 aromatic carbocycles. The van der Waals surface area contributed by atoms with E-state index >= 15 is 0 Å². The molecular weight excluding hydrogens is 174 g/mol. The van der Waals surface area contributed by atoms with Gasteiger partial charge in [-0.3, -0.25) is 4.68 Å². The predicted molar refractivity (Wildman–Crippen MR) is 57.0 cm³/mol. The molecule has 0 radical (unpaired) electrons. The Morgan fingerprint density at radius 3 is 3.00 bits per heavy atom. The first kappa shape index (κ1) is 9.71. The fraction of sp³-hybridized carbons (Fsp3) is 0.727. The zero-order valence-electron chi connectivity index (χ0n) is 9.08. The first-order chi connectivity index (χ1) is 6.71. The monoisotopic (exact) mass is 193 g/mol. The maximum atomic E-state index is 4.24. The van der Waals surface area contributed by atoms with Crippen LogP contribution in [0.4, 0.5) is 0 Å². The predicted octanol–water partition coefficient (Wildman–Crippen LogP) is 1.80. The average Bonchev–Trinajstić information content (AvgIpc) is 2.47. The number of hydrogen-bond donors (Lipinski definition) is 1. The quantitative estimate of drug-likeness (QED) is 0.737. The molecule has 0 spiro atoms. The lowest BCUT2D eigenvalue weighted by molar-refractivity contribution is 0.359. The minimum Gasteiger partial charge on any atom is -0.308 e. The molecular formula is C11H19N3. The molecule has 0 aliphatic carbocycles. The Hall–Kier alpha value is -0.830. The summed E-state index contributed by atoms with van der Waals surface area (Å²) in [6.45, 7) is 3.42. The Morgan fingerprint density at radius 1 is 1.43 bits per heavy atom. The van der Waals surface area contributed by atoms with Crippen molar-refractivity contribution in [3.05, 3.63) is 18.0 Å². The SMILES string of the molecule is Cn1cc(C2(C)CCCCCN2)cn1. The molecule has 1 aliphatic heterocycles. The van der Waals surface area contributed by atoms with E-state index in [2.05, 4.69) is 23.5 Å². The highest BCUT2D eigenvalue weighted by atomic mass is 15.2. The molecule has 1 saturated heterocycles. The van der Waals surface area contributed by atoms with E-state index in [1.54, 1.807) is 0 Å². The third kappa shape index (κ3) is 1.82. The van der Waals surface area contributed by atoms with Gasteiger partial charge in [-0.05, 0) is 26.3 Å². The summed E-state index contributed by atoms with van der Waals surface area (Å²) in [4.78, 5) is 0. The van der Waals surface area contributed by atoms with Gasteiger partial charge in [-0.1, -0.05) is 12.8 Å². The fourth-order valence-electron chi connectivity index (χ4n) is 2.19. The van der Waals surface area contributed by atoms with Gasteiger partial charge in [0, 0.05) is 24.3 Å². The van der Waals surface area contributed by atoms with Gasteiger partial charge < -0.3 is 5.32 Å². The molecule has 1 N–H and O–H groups in total. The van der Waals surface area contributed by atoms with Crippen LogP contribution in [0.3, 0.4) is 0 Å². The first-order valence-electron chi connectivity index (χ1n) is 5.45. The topological polar surface area (TPSA) is 29.9 Å². The van der Waals surface area contributed by atoms with Crippen LogP contribution in [-0.4, -0.2) is 16.3 Å². The first-order valence-corrected chi connectivity index (χ1v) is 5.45. The second kappa shape index (κ2) is 3.73. The molecule has 3 heteroatoms. The Bertz CT molecular complexity index is 295. The molecule has 1 aromatic rings. The van der Waals surface area contributed by atoms with Gasteiger partial charge in [0.2, 0.25) is 0 Å². The van der Waals surface area contributed by atoms with Gasteiger partial charge in [-0.2, -0.15) is 5.10 Å². The minimum atomic E-state index is 0.144. The molecule has 1 atom stereocenters. The van der Waals surface area contributed by atoms with Crippen LogP contribution >= 0.6 is 0 Å². The summed E-state index contributed by atoms with van der Waals surface area (Å²) in [5, 5.41) is 7.88. The minimum absolute atomic E-state index is 0.144. The Labute approximate surface area is 85.5 Å². The van der Waals surface area contributed by atoms with Crippen LogP contribution in [0.2, 0.25) is 0 Å². The van der Waals surface area contributed by atoms with Crippen LogP contribution < -0.4 is 5.32 Å². The van der Waals surface area contributed by atoms with Gasteiger partial charge in [0.15, 0.2) is 0 Å². The lowest BCUT2D eigenvalue weighted by Gasteiger charge is -2.28. The van der Waals surface area contributed by atoms with E-state index in [1.165, 1.54) is 31.2 Å². The standard InChI is InChI=1S/C11H19N3/c1-11(6-4-3-5-7-12-11)10-8-13-14(2)9-10/h8-9,12H,3-7H2,1-2H3. The zero-order valence-corrected chi connectivity index (χ0v) is 9.08. The number of nitrogens with zero attached hydrogens (tertiary/aromatic N) is 2. The van der Waals surface area contributed by atoms with Crippen molar-refractivity contribution in [3.8, 4) is 0 Å². The summed E-state index contributed by atoms with van der Waals surface area (Å²) in [5.41, 5.74) is 1.46. The van der Waals surface area contributed by atoms with Crippen molar-refractivity contribution in [1.29, 1.82) is 0 Å². The van der Waals surface area contributed by atoms with E-state index in [0.29, 0.717) is 0 Å². The van der Waals surface area contributed by atoms with Crippen molar-refractivity contribution < 1.29 is 0 Å². The van der Waals surface area contributed by atoms with E-state index in [4.69, 9.17) is 0 Å². The van der Waals surface area contributed by atoms with Crippen molar-refractivity contribution >= 4 is 0 Å². The van der Waals surface area contributed by atoms with Crippen molar-refractivity contribution in [2.24, 2.45) is 7.05 Å². The second-order valence-electron chi connectivity index (χ2n) is 4.47. The molecule has 1 fully saturated rings. The molecule has 0 amide bonds. The van der Waals surface area contributed by atoms with Gasteiger partial charge in [-0.25, -0.2) is 0 Å². The highest BCUT2D eigenvalue weighted by molar-refractivity contribution is 5.17. The molecule has 1 unspecified atom stereocenters. The highest BCUT2D eigenvalue weighted by Crippen LogP contribution is 2.28. The molecule has 1 aromatic heterocycles. The summed E-state index contributed by atoms with van der Waals surface area (Å²) in [5.74, 6) is 0. The van der Waals surface area contributed by atoms with E-state index in [-0.39, 0.29) is 5.54 Å². The molecule has 3 nitrogen and oxygen atoms in total. The van der Waals surface area contributed by atoms with Crippen molar-refractivity contribution in [2.45, 2.75) is 38.1 Å². The average molecular weight is 193 g/mol. The molecule has 2 heterocycles. The van der Waals surface area contributed by atoms with Crippen LogP contribution in [0, 0.1) is 0 Å². The van der Waals surface area contributed by atoms with Crippen molar-refractivity contribution in [2.75, 3.05) is 6.54 Å². The summed E-state index contributed by atoms with van der Waals surface area (Å²) in [7, 11) is 1.98. The van der Waals surface area contributed by atoms with Crippen LogP contribution in [-0.2, 0) is 12.6 Å². The number of aromatic nitrogens is 2. The summed E-state index contributed by atoms with van der Waals surface area (Å²) < 4.78 is 1.88. The summed E-state index contributed by atoms with van der Waals surface area (Å²) in [6.07, 6.45) is 9.30. The lowest BCUT2D eigenvalue weighted by atomic mass is 9.90. The number of rotatable bonds is 1. The van der Waals surface area contributed by atoms with Crippen LogP contribution in [0.15, 0.2) is 12.4 Å². The van der Waals surface area contributed by atoms with E-state index in [1.807, 2.05) is 17.9 Å². The number of nitrogens with one attached hydrogen (secondary N) is 1. The molecule has 14 heavy (non-hydrogen) atoms. The Kier molecular flexibility index (Phi) is 2.59. The lowest BCUT2D eigenvalue weighted by Crippen LogP contribution is -2.38. The van der Waals surface area contributed by atoms with E-state index in [9.17, 15) is 0 Å². The fourth-order valence-corrected chi connectivity index (χ4v) is 2.19. The molecule has 0 bridgehead atoms. The van der Waals surface area contributed by atoms with Gasteiger partial charge in [0.1, 0.15) is 0 Å². The van der Waals surface area contributed by atoms with Crippen molar-refractivity contribution in [3.63, 3.8) is 0 Å². The normalized spacial score (nSPS) is 28.7. The smallest absolute Gasteiger partial charge is 0.0540 e. The highest BCUT2D eigenvalue weighted by Gasteiger charge is 2.28. The van der Waals surface area contributed by atoms with Gasteiger partial charge in [0.05, 0.1) is 6.20 Å². The van der Waals surface area contributed by atoms with Crippen LogP contribution in [0.25, 0.3) is 0 Å². The van der Waals surface area contributed by atoms with Gasteiger partial charge in [0.25, 0.3) is 0 Å². The second-order valence-corrected chi connectivity index (χ2v) is 4.47. The van der Waals surface area contributed by atoms with Crippen LogP contribution in [0.1, 0.15) is 38.2 Å². The third-order valence-corrected chi connectivity index (χ3v) is 3.21. The maximum Gasteiger partial charge on any atom is 0.0540 e. The summed E-state index contributed by atoms with van der Waals surface area (Å²) in [6, 6.07) is 0. The van der Waals surface area contributed by atoms with Crippen LogP contribution in [0.5, 0.6) is 0 Å². The van der Waals surface area contributed by atoms with E-state index < -0.39 is 0 Å². The maximum absolute atomic E-state index is 4.24. The van der Waals surface area contributed by atoms with Crippen molar-refractivity contribution in [1.82, 2.24) is 15.1 Å². The molecule has 78 valence electrons. The molecule has 2 rings (SSSR count). The Balaban J connectivity index is 2.20. The van der Waals surface area contributed by atoms with Gasteiger partial charge in [-0.15, -0.1) is 0 Å². The summed E-state index contributed by atoms with van der Waals surface area (Å²) >= 11 is 0. The number of aryl methyl sites for hydroxylation is 1. The third-order valence-electron chi connectivity index (χ3n) is 3.21.